The lowest BCUT2D eigenvalue weighted by atomic mass is 9.80. The molecular formula is C36H45N7O8S. The highest BCUT2D eigenvalue weighted by molar-refractivity contribution is 7.89. The van der Waals surface area contributed by atoms with E-state index in [-0.39, 0.29) is 42.3 Å². The normalized spacial score (nSPS) is 18.1. The van der Waals surface area contributed by atoms with E-state index in [1.165, 1.54) is 15.8 Å². The first-order valence-corrected chi connectivity index (χ1v) is 18.2. The van der Waals surface area contributed by atoms with Crippen molar-refractivity contribution in [2.45, 2.75) is 82.2 Å². The second-order valence-corrected chi connectivity index (χ2v) is 16.1. The third-order valence-electron chi connectivity index (χ3n) is 8.27. The van der Waals surface area contributed by atoms with Crippen LogP contribution in [0.3, 0.4) is 0 Å². The number of benzene rings is 3. The van der Waals surface area contributed by atoms with Gasteiger partial charge in [-0.15, -0.1) is 10.2 Å². The van der Waals surface area contributed by atoms with Crippen molar-refractivity contribution in [3.63, 3.8) is 0 Å². The molecule has 4 aromatic rings. The van der Waals surface area contributed by atoms with Gasteiger partial charge in [-0.3, -0.25) is 0 Å². The third kappa shape index (κ3) is 9.05. The molecule has 0 spiro atoms. The number of carbonyl (C=O) groups is 2. The third-order valence-corrected chi connectivity index (χ3v) is 9.23. The van der Waals surface area contributed by atoms with Gasteiger partial charge in [-0.25, -0.2) is 23.1 Å². The highest BCUT2D eigenvalue weighted by atomic mass is 32.2. The lowest BCUT2D eigenvalue weighted by Crippen LogP contribution is -2.62. The Kier molecular flexibility index (Phi) is 10.7. The van der Waals surface area contributed by atoms with Crippen LogP contribution in [0.15, 0.2) is 71.6 Å². The summed E-state index contributed by atoms with van der Waals surface area (Å²) in [5.74, 6) is 0.744. The topological polar surface area (TPSA) is 201 Å². The molecule has 1 fully saturated rings. The van der Waals surface area contributed by atoms with E-state index >= 15 is 0 Å². The predicted octanol–water partition coefficient (Wildman–Crippen LogP) is 4.43. The molecular weight excluding hydrogens is 691 g/mol. The number of rotatable bonds is 8. The smallest absolute Gasteiger partial charge is 0.410 e. The molecule has 5 rings (SSSR count). The monoisotopic (exact) mass is 735 g/mol. The minimum absolute atomic E-state index is 0.0481. The molecule has 1 aromatic heterocycles. The summed E-state index contributed by atoms with van der Waals surface area (Å²) in [5.41, 5.74) is -0.655. The summed E-state index contributed by atoms with van der Waals surface area (Å²) in [6.45, 7) is 10.8. The van der Waals surface area contributed by atoms with Crippen LogP contribution in [0.2, 0.25) is 0 Å². The first-order valence-electron chi connectivity index (χ1n) is 16.6. The minimum atomic E-state index is -4.23. The number of hydrogen-bond acceptors (Lipinski definition) is 11. The summed E-state index contributed by atoms with van der Waals surface area (Å²) in [7, 11) is -2.65. The van der Waals surface area contributed by atoms with Crippen LogP contribution in [-0.2, 0) is 31.6 Å². The van der Waals surface area contributed by atoms with Gasteiger partial charge in [0, 0.05) is 19.5 Å². The molecule has 4 N–H and O–H groups in total. The van der Waals surface area contributed by atoms with Crippen LogP contribution in [0, 0.1) is 0 Å². The molecule has 1 saturated heterocycles. The number of amides is 2. The van der Waals surface area contributed by atoms with E-state index < -0.39 is 45.1 Å². The van der Waals surface area contributed by atoms with Gasteiger partial charge in [-0.05, 0) is 87.2 Å². The Morgan fingerprint density at radius 3 is 2.23 bits per heavy atom. The van der Waals surface area contributed by atoms with Gasteiger partial charge >= 0.3 is 12.2 Å². The Labute approximate surface area is 303 Å². The number of carbonyl (C=O) groups excluding carboxylic acids is 2. The standard InChI is InChI=1S/C36H45N7O8S/c1-34(2,3)50-32(44)38-29-22-42(33(45)51-35(4,5)6)20-19-36(29,46)25-15-13-24(14-16-25)27-9-8-10-28(52(37,47)48)30(27)31-39-41-43(40-31)21-23-11-17-26(49-7)18-12-23/h8-18,29,46H,19-22H2,1-7H3,(H,38,44)(H2,37,47,48). The summed E-state index contributed by atoms with van der Waals surface area (Å²) in [5, 5.41) is 33.5. The van der Waals surface area contributed by atoms with Crippen LogP contribution in [-0.4, -0.2) is 88.3 Å². The van der Waals surface area contributed by atoms with E-state index in [0.717, 1.165) is 5.56 Å². The number of tetrazole rings is 1. The first-order chi connectivity index (χ1) is 24.3. The molecule has 1 aliphatic rings. The van der Waals surface area contributed by atoms with Gasteiger partial charge in [0.2, 0.25) is 15.8 Å². The Balaban J connectivity index is 1.48. The zero-order valence-electron chi connectivity index (χ0n) is 30.3. The molecule has 16 heteroatoms. The number of nitrogens with zero attached hydrogens (tertiary/aromatic N) is 5. The van der Waals surface area contributed by atoms with Crippen molar-refractivity contribution in [3.05, 3.63) is 77.9 Å². The number of aromatic nitrogens is 4. The fourth-order valence-corrected chi connectivity index (χ4v) is 6.63. The van der Waals surface area contributed by atoms with Crippen LogP contribution in [0.4, 0.5) is 9.59 Å². The van der Waals surface area contributed by atoms with Crippen molar-refractivity contribution in [2.24, 2.45) is 5.14 Å². The maximum atomic E-state index is 13.0. The molecule has 0 radical (unpaired) electrons. The van der Waals surface area contributed by atoms with Crippen LogP contribution in [0.5, 0.6) is 5.75 Å². The van der Waals surface area contributed by atoms with Gasteiger partial charge in [-0.2, -0.15) is 4.80 Å². The highest BCUT2D eigenvalue weighted by Crippen LogP contribution is 2.38. The molecule has 2 atom stereocenters. The molecule has 1 aliphatic heterocycles. The second-order valence-electron chi connectivity index (χ2n) is 14.6. The Morgan fingerprint density at radius 1 is 0.981 bits per heavy atom. The van der Waals surface area contributed by atoms with Crippen LogP contribution in [0.1, 0.15) is 59.1 Å². The van der Waals surface area contributed by atoms with Gasteiger partial charge in [0.15, 0.2) is 0 Å². The minimum Gasteiger partial charge on any atom is -0.497 e. The molecule has 52 heavy (non-hydrogen) atoms. The van der Waals surface area contributed by atoms with Crippen molar-refractivity contribution in [1.29, 1.82) is 0 Å². The number of nitrogens with two attached hydrogens (primary N) is 1. The number of alkyl carbamates (subject to hydrolysis) is 1. The highest BCUT2D eigenvalue weighted by Gasteiger charge is 2.46. The largest absolute Gasteiger partial charge is 0.497 e. The van der Waals surface area contributed by atoms with Crippen LogP contribution >= 0.6 is 0 Å². The summed E-state index contributed by atoms with van der Waals surface area (Å²) < 4.78 is 41.9. The maximum Gasteiger partial charge on any atom is 0.410 e. The number of methoxy groups -OCH3 is 1. The van der Waals surface area contributed by atoms with Gasteiger partial charge in [-0.1, -0.05) is 48.5 Å². The van der Waals surface area contributed by atoms with Crippen molar-refractivity contribution >= 4 is 22.2 Å². The lowest BCUT2D eigenvalue weighted by Gasteiger charge is -2.45. The molecule has 2 heterocycles. The number of likely N-dealkylation sites (tertiary alicyclic amines) is 1. The summed E-state index contributed by atoms with van der Waals surface area (Å²) in [6, 6.07) is 17.8. The quantitative estimate of drug-likeness (QED) is 0.231. The van der Waals surface area contributed by atoms with E-state index in [4.69, 9.17) is 19.3 Å². The van der Waals surface area contributed by atoms with Crippen molar-refractivity contribution in [2.75, 3.05) is 20.2 Å². The first kappa shape index (κ1) is 38.2. The van der Waals surface area contributed by atoms with Crippen LogP contribution in [0.25, 0.3) is 22.5 Å². The molecule has 3 aromatic carbocycles. The molecule has 2 amide bonds. The van der Waals surface area contributed by atoms with Crippen LogP contribution < -0.4 is 15.2 Å². The summed E-state index contributed by atoms with van der Waals surface area (Å²) in [6.07, 6.45) is -1.26. The number of piperidine rings is 1. The number of sulfonamides is 1. The lowest BCUT2D eigenvalue weighted by molar-refractivity contribution is -0.0621. The average Bonchev–Trinajstić information content (AvgIpc) is 3.52. The molecule has 278 valence electrons. The van der Waals surface area contributed by atoms with Gasteiger partial charge in [0.25, 0.3) is 0 Å². The number of aliphatic hydroxyl groups is 1. The number of nitrogens with one attached hydrogen (secondary N) is 1. The fraction of sp³-hybridized carbons (Fsp3) is 0.417. The summed E-state index contributed by atoms with van der Waals surface area (Å²) >= 11 is 0. The molecule has 0 bridgehead atoms. The average molecular weight is 736 g/mol. The van der Waals surface area contributed by atoms with E-state index in [1.807, 2.05) is 24.3 Å². The maximum absolute atomic E-state index is 13.0. The van der Waals surface area contributed by atoms with E-state index in [9.17, 15) is 23.1 Å². The molecule has 2 unspecified atom stereocenters. The van der Waals surface area contributed by atoms with Crippen molar-refractivity contribution in [1.82, 2.24) is 30.4 Å². The Morgan fingerprint density at radius 2 is 1.63 bits per heavy atom. The van der Waals surface area contributed by atoms with Gasteiger partial charge in [0.05, 0.1) is 30.2 Å². The van der Waals surface area contributed by atoms with Crippen molar-refractivity contribution < 1.29 is 37.3 Å². The van der Waals surface area contributed by atoms with Gasteiger partial charge in [0.1, 0.15) is 22.6 Å². The van der Waals surface area contributed by atoms with E-state index in [1.54, 1.807) is 85.1 Å². The van der Waals surface area contributed by atoms with E-state index in [0.29, 0.717) is 22.4 Å². The fourth-order valence-electron chi connectivity index (χ4n) is 5.88. The number of primary sulfonamides is 1. The van der Waals surface area contributed by atoms with E-state index in [2.05, 4.69) is 20.7 Å². The zero-order valence-corrected chi connectivity index (χ0v) is 31.1. The van der Waals surface area contributed by atoms with Gasteiger partial charge < -0.3 is 29.5 Å². The molecule has 15 nitrogen and oxygen atoms in total. The van der Waals surface area contributed by atoms with Crippen molar-refractivity contribution in [3.8, 4) is 28.3 Å². The SMILES string of the molecule is COc1ccc(Cn2nnc(-c3c(-c4ccc(C5(O)CCN(C(=O)OC(C)(C)C)CC5NC(=O)OC(C)(C)C)cc4)cccc3S(N)(=O)=O)n2)cc1. The number of hydrogen-bond donors (Lipinski definition) is 3. The Hall–Kier alpha value is -5.06. The number of ether oxygens (including phenoxy) is 3. The Bertz CT molecular complexity index is 2020. The predicted molar refractivity (Wildman–Crippen MR) is 192 cm³/mol. The zero-order chi connectivity index (χ0) is 38.1. The molecule has 0 saturated carbocycles. The molecule has 0 aliphatic carbocycles. The second kappa shape index (κ2) is 14.5. The summed E-state index contributed by atoms with van der Waals surface area (Å²) in [4.78, 5) is 28.5.